The molecule has 2 aromatic rings. The van der Waals surface area contributed by atoms with Crippen molar-refractivity contribution in [3.63, 3.8) is 0 Å². The molecule has 2 aliphatic rings. The zero-order valence-electron chi connectivity index (χ0n) is 11.7. The fourth-order valence-corrected chi connectivity index (χ4v) is 3.07. The summed E-state index contributed by atoms with van der Waals surface area (Å²) in [7, 11) is 0. The second-order valence-corrected chi connectivity index (χ2v) is 5.82. The smallest absolute Gasteiger partial charge is 0.363 e. The van der Waals surface area contributed by atoms with Crippen molar-refractivity contribution in [1.29, 1.82) is 0 Å². The summed E-state index contributed by atoms with van der Waals surface area (Å²) >= 11 is 1.56. The van der Waals surface area contributed by atoms with E-state index >= 15 is 0 Å². The number of cyclic esters (lactones) is 1. The topological polar surface area (TPSA) is 57.1 Å². The van der Waals surface area contributed by atoms with Crippen molar-refractivity contribution in [2.24, 2.45) is 4.99 Å². The number of rotatable bonds is 2. The van der Waals surface area contributed by atoms with Crippen molar-refractivity contribution < 1.29 is 19.0 Å². The second kappa shape index (κ2) is 4.99. The summed E-state index contributed by atoms with van der Waals surface area (Å²) in [5.41, 5.74) is 2.10. The van der Waals surface area contributed by atoms with Gasteiger partial charge < -0.3 is 14.2 Å². The van der Waals surface area contributed by atoms with Crippen LogP contribution in [0, 0.1) is 6.92 Å². The number of hydrogen-bond donors (Lipinski definition) is 0. The van der Waals surface area contributed by atoms with Crippen LogP contribution in [-0.2, 0) is 9.53 Å². The van der Waals surface area contributed by atoms with E-state index in [2.05, 4.69) is 4.99 Å². The molecule has 0 N–H and O–H groups in total. The quantitative estimate of drug-likeness (QED) is 0.631. The first-order chi connectivity index (χ1) is 10.7. The van der Waals surface area contributed by atoms with Gasteiger partial charge in [0.15, 0.2) is 17.2 Å². The first kappa shape index (κ1) is 13.1. The third-order valence-corrected chi connectivity index (χ3v) is 4.38. The minimum Gasteiger partial charge on any atom is -0.454 e. The highest BCUT2D eigenvalue weighted by molar-refractivity contribution is 7.11. The van der Waals surface area contributed by atoms with Crippen LogP contribution in [0.1, 0.15) is 16.0 Å². The molecule has 0 atom stereocenters. The van der Waals surface area contributed by atoms with Crippen molar-refractivity contribution in [2.45, 2.75) is 6.92 Å². The Morgan fingerprint density at radius 3 is 2.91 bits per heavy atom. The largest absolute Gasteiger partial charge is 0.454 e. The first-order valence-electron chi connectivity index (χ1n) is 6.67. The monoisotopic (exact) mass is 313 g/mol. The van der Waals surface area contributed by atoms with Gasteiger partial charge in [-0.3, -0.25) is 0 Å². The van der Waals surface area contributed by atoms with E-state index in [0.717, 1.165) is 10.4 Å². The molecule has 0 fully saturated rings. The van der Waals surface area contributed by atoms with Gasteiger partial charge in [0.05, 0.1) is 0 Å². The molecular formula is C16H11NO4S. The summed E-state index contributed by atoms with van der Waals surface area (Å²) < 4.78 is 15.8. The number of benzene rings is 1. The molecule has 110 valence electrons. The number of thiophene rings is 1. The van der Waals surface area contributed by atoms with E-state index in [1.807, 2.05) is 18.4 Å². The Labute approximate surface area is 130 Å². The number of nitrogens with zero attached hydrogens (tertiary/aromatic N) is 1. The van der Waals surface area contributed by atoms with Crippen LogP contribution in [0.15, 0.2) is 40.3 Å². The molecule has 0 spiro atoms. The Morgan fingerprint density at radius 2 is 2.09 bits per heavy atom. The van der Waals surface area contributed by atoms with Gasteiger partial charge in [-0.15, -0.1) is 11.3 Å². The van der Waals surface area contributed by atoms with Gasteiger partial charge in [0.25, 0.3) is 0 Å². The van der Waals surface area contributed by atoms with Crippen LogP contribution >= 0.6 is 11.3 Å². The highest BCUT2D eigenvalue weighted by atomic mass is 32.1. The van der Waals surface area contributed by atoms with E-state index < -0.39 is 5.97 Å². The molecule has 0 aliphatic carbocycles. The molecule has 4 rings (SSSR count). The molecule has 0 bridgehead atoms. The van der Waals surface area contributed by atoms with Gasteiger partial charge in [0, 0.05) is 10.4 Å². The van der Waals surface area contributed by atoms with Crippen LogP contribution in [0.5, 0.6) is 11.5 Å². The summed E-state index contributed by atoms with van der Waals surface area (Å²) in [5.74, 6) is 1.14. The van der Waals surface area contributed by atoms with Crippen molar-refractivity contribution in [1.82, 2.24) is 0 Å². The lowest BCUT2D eigenvalue weighted by Gasteiger charge is -2.01. The molecule has 1 aromatic carbocycles. The maximum absolute atomic E-state index is 12.0. The van der Waals surface area contributed by atoms with E-state index in [4.69, 9.17) is 14.2 Å². The van der Waals surface area contributed by atoms with Crippen molar-refractivity contribution >= 4 is 29.3 Å². The lowest BCUT2D eigenvalue weighted by Crippen LogP contribution is -2.05. The van der Waals surface area contributed by atoms with Gasteiger partial charge in [-0.05, 0) is 48.2 Å². The highest BCUT2D eigenvalue weighted by Gasteiger charge is 2.26. The summed E-state index contributed by atoms with van der Waals surface area (Å²) in [6.07, 6.45) is 1.75. The van der Waals surface area contributed by atoms with Gasteiger partial charge in [-0.25, -0.2) is 9.79 Å². The van der Waals surface area contributed by atoms with Crippen LogP contribution in [0.3, 0.4) is 0 Å². The minimum atomic E-state index is -0.444. The molecule has 2 aliphatic heterocycles. The van der Waals surface area contributed by atoms with Crippen LogP contribution in [0.25, 0.3) is 6.08 Å². The average Bonchev–Trinajstić information content (AvgIpc) is 3.21. The predicted molar refractivity (Wildman–Crippen MR) is 82.2 cm³/mol. The molecule has 0 saturated heterocycles. The molecule has 5 nitrogen and oxygen atoms in total. The zero-order chi connectivity index (χ0) is 15.1. The lowest BCUT2D eigenvalue weighted by atomic mass is 10.2. The molecule has 1 aromatic heterocycles. The average molecular weight is 313 g/mol. The van der Waals surface area contributed by atoms with Crippen molar-refractivity contribution in [3.05, 3.63) is 51.3 Å². The fourth-order valence-electron chi connectivity index (χ4n) is 2.22. The SMILES string of the molecule is Cc1ccsc1/C=C1/N=C(c2ccc3c(c2)OCO3)OC1=O. The van der Waals surface area contributed by atoms with Crippen molar-refractivity contribution in [2.75, 3.05) is 6.79 Å². The zero-order valence-corrected chi connectivity index (χ0v) is 12.5. The van der Waals surface area contributed by atoms with E-state index in [0.29, 0.717) is 22.8 Å². The number of aryl methyl sites for hydroxylation is 1. The number of carbonyl (C=O) groups excluding carboxylic acids is 1. The molecule has 0 radical (unpaired) electrons. The maximum atomic E-state index is 12.0. The number of carbonyl (C=O) groups is 1. The number of hydrogen-bond acceptors (Lipinski definition) is 6. The molecule has 0 amide bonds. The van der Waals surface area contributed by atoms with Gasteiger partial charge in [0.2, 0.25) is 12.7 Å². The Hall–Kier alpha value is -2.60. The van der Waals surface area contributed by atoms with Gasteiger partial charge >= 0.3 is 5.97 Å². The highest BCUT2D eigenvalue weighted by Crippen LogP contribution is 2.33. The van der Waals surface area contributed by atoms with Crippen LogP contribution < -0.4 is 9.47 Å². The second-order valence-electron chi connectivity index (χ2n) is 4.87. The summed E-state index contributed by atoms with van der Waals surface area (Å²) in [5, 5.41) is 1.98. The Morgan fingerprint density at radius 1 is 1.23 bits per heavy atom. The van der Waals surface area contributed by atoms with E-state index in [1.54, 1.807) is 35.6 Å². The third-order valence-electron chi connectivity index (χ3n) is 3.41. The lowest BCUT2D eigenvalue weighted by molar-refractivity contribution is -0.129. The maximum Gasteiger partial charge on any atom is 0.363 e. The molecule has 22 heavy (non-hydrogen) atoms. The molecule has 0 unspecified atom stereocenters. The Kier molecular flexibility index (Phi) is 2.97. The number of fused-ring (bicyclic) bond motifs is 1. The van der Waals surface area contributed by atoms with Crippen LogP contribution in [-0.4, -0.2) is 18.7 Å². The van der Waals surface area contributed by atoms with Gasteiger partial charge in [-0.2, -0.15) is 0 Å². The molecular weight excluding hydrogens is 302 g/mol. The summed E-state index contributed by atoms with van der Waals surface area (Å²) in [6.45, 7) is 2.19. The third kappa shape index (κ3) is 2.17. The Balaban J connectivity index is 1.69. The van der Waals surface area contributed by atoms with Crippen molar-refractivity contribution in [3.8, 4) is 11.5 Å². The van der Waals surface area contributed by atoms with E-state index in [1.165, 1.54) is 0 Å². The predicted octanol–water partition coefficient (Wildman–Crippen LogP) is 3.13. The number of aliphatic imine (C=N–C) groups is 1. The summed E-state index contributed by atoms with van der Waals surface area (Å²) in [6, 6.07) is 7.33. The standard InChI is InChI=1S/C16H11NO4S/c1-9-4-5-22-14(9)7-11-16(18)21-15(17-11)10-2-3-12-13(6-10)20-8-19-12/h2-7H,8H2,1H3/b11-7+. The van der Waals surface area contributed by atoms with Crippen LogP contribution in [0.2, 0.25) is 0 Å². The molecule has 3 heterocycles. The first-order valence-corrected chi connectivity index (χ1v) is 7.55. The minimum absolute atomic E-state index is 0.202. The van der Waals surface area contributed by atoms with Crippen LogP contribution in [0.4, 0.5) is 0 Å². The van der Waals surface area contributed by atoms with E-state index in [-0.39, 0.29) is 12.7 Å². The Bertz CT molecular complexity index is 834. The molecule has 6 heteroatoms. The van der Waals surface area contributed by atoms with Gasteiger partial charge in [0.1, 0.15) is 0 Å². The molecule has 0 saturated carbocycles. The normalized spacial score (nSPS) is 17.8. The van der Waals surface area contributed by atoms with E-state index in [9.17, 15) is 4.79 Å². The van der Waals surface area contributed by atoms with Gasteiger partial charge in [-0.1, -0.05) is 0 Å². The number of esters is 1. The summed E-state index contributed by atoms with van der Waals surface area (Å²) in [4.78, 5) is 17.3. The number of ether oxygens (including phenoxy) is 3. The fraction of sp³-hybridized carbons (Fsp3) is 0.125.